The molecule has 0 aliphatic carbocycles. The van der Waals surface area contributed by atoms with Gasteiger partial charge in [-0.1, -0.05) is 18.3 Å². The minimum atomic E-state index is -2.38. The molecule has 0 aromatic carbocycles. The molecule has 1 aromatic heterocycles. The zero-order valence-corrected chi connectivity index (χ0v) is 18.4. The molecule has 25 heavy (non-hydrogen) atoms. The fourth-order valence-corrected chi connectivity index (χ4v) is 6.23. The molecule has 6 nitrogen and oxygen atoms in total. The summed E-state index contributed by atoms with van der Waals surface area (Å²) in [7, 11) is 0. The first-order chi connectivity index (χ1) is 11.8. The van der Waals surface area contributed by atoms with Crippen molar-refractivity contribution in [1.29, 1.82) is 0 Å². The zero-order chi connectivity index (χ0) is 18.9. The molecule has 0 aliphatic heterocycles. The van der Waals surface area contributed by atoms with Crippen LogP contribution in [0.4, 0.5) is 0 Å². The van der Waals surface area contributed by atoms with E-state index < -0.39 is 5.69 Å². The van der Waals surface area contributed by atoms with E-state index in [1.54, 1.807) is 17.4 Å². The lowest BCUT2D eigenvalue weighted by molar-refractivity contribution is 0.199. The van der Waals surface area contributed by atoms with E-state index >= 15 is 0 Å². The number of aromatic nitrogens is 2. The summed E-state index contributed by atoms with van der Waals surface area (Å²) in [6.45, 7) is 12.5. The maximum atomic E-state index is 5.94. The van der Waals surface area contributed by atoms with Gasteiger partial charge in [-0.05, 0) is 52.8 Å². The van der Waals surface area contributed by atoms with E-state index in [2.05, 4.69) is 16.9 Å². The molecule has 1 aromatic rings. The van der Waals surface area contributed by atoms with Crippen LogP contribution in [0.5, 0.6) is 11.9 Å². The van der Waals surface area contributed by atoms with Gasteiger partial charge in [-0.3, -0.25) is 0 Å². The van der Waals surface area contributed by atoms with Gasteiger partial charge in [-0.25, -0.2) is 0 Å². The maximum absolute atomic E-state index is 5.94. The molecule has 0 fully saturated rings. The highest BCUT2D eigenvalue weighted by Gasteiger charge is 2.20. The first-order valence-corrected chi connectivity index (χ1v) is 12.8. The Hall–Kier alpha value is -0.400. The van der Waals surface area contributed by atoms with E-state index in [1.807, 2.05) is 34.6 Å². The first kappa shape index (κ1) is 22.6. The van der Waals surface area contributed by atoms with Gasteiger partial charge in [0.15, 0.2) is 0 Å². The average molecular weight is 409 g/mol. The standard InChI is InChI=1S/C16H29N2O4PS2/c1-7-9-25-23(24,19-8-2)20-11-14-10-15(21-12(3)4)18-16(17-14)22-13(5)6/h10,12-13H,7-9,11H2,1-6H3/t23-/m0/s1. The van der Waals surface area contributed by atoms with Crippen LogP contribution >= 0.6 is 17.1 Å². The Balaban J connectivity index is 2.91. The van der Waals surface area contributed by atoms with E-state index in [9.17, 15) is 0 Å². The third-order valence-electron chi connectivity index (χ3n) is 2.54. The summed E-state index contributed by atoms with van der Waals surface area (Å²) in [5, 5.41) is 0. The number of nitrogens with zero attached hydrogens (tertiary/aromatic N) is 2. The fourth-order valence-electron chi connectivity index (χ4n) is 1.71. The summed E-state index contributed by atoms with van der Waals surface area (Å²) in [5.74, 6) is 1.37. The highest BCUT2D eigenvalue weighted by molar-refractivity contribution is 8.67. The molecule has 0 aliphatic rings. The van der Waals surface area contributed by atoms with Crippen molar-refractivity contribution in [2.45, 2.75) is 66.8 Å². The number of ether oxygens (including phenoxy) is 2. The lowest BCUT2D eigenvalue weighted by Crippen LogP contribution is -2.12. The normalized spacial score (nSPS) is 13.9. The van der Waals surface area contributed by atoms with Crippen molar-refractivity contribution < 1.29 is 18.5 Å². The molecule has 0 amide bonds. The molecule has 0 radical (unpaired) electrons. The van der Waals surface area contributed by atoms with E-state index in [4.69, 9.17) is 30.3 Å². The van der Waals surface area contributed by atoms with Crippen LogP contribution in [-0.4, -0.2) is 34.5 Å². The lowest BCUT2D eigenvalue weighted by Gasteiger charge is -2.20. The SMILES string of the molecule is CCCS[P@@](=S)(OCC)OCc1cc(OC(C)C)nc(OC(C)C)n1. The van der Waals surface area contributed by atoms with Gasteiger partial charge < -0.3 is 18.5 Å². The van der Waals surface area contributed by atoms with Gasteiger partial charge in [0.1, 0.15) is 0 Å². The molecule has 0 N–H and O–H groups in total. The summed E-state index contributed by atoms with van der Waals surface area (Å²) < 4.78 is 22.9. The Labute approximate surface area is 160 Å². The van der Waals surface area contributed by atoms with Crippen LogP contribution in [0, 0.1) is 0 Å². The molecular formula is C16H29N2O4PS2. The van der Waals surface area contributed by atoms with Gasteiger partial charge in [0, 0.05) is 11.8 Å². The quantitative estimate of drug-likeness (QED) is 0.449. The third-order valence-corrected chi connectivity index (χ3v) is 8.18. The van der Waals surface area contributed by atoms with Gasteiger partial charge in [-0.15, -0.1) is 0 Å². The topological polar surface area (TPSA) is 62.7 Å². The van der Waals surface area contributed by atoms with E-state index in [-0.39, 0.29) is 24.8 Å². The smallest absolute Gasteiger partial charge is 0.320 e. The van der Waals surface area contributed by atoms with Crippen LogP contribution in [0.1, 0.15) is 53.7 Å². The monoisotopic (exact) mass is 408 g/mol. The maximum Gasteiger partial charge on any atom is 0.320 e. The zero-order valence-electron chi connectivity index (χ0n) is 15.9. The molecule has 0 unspecified atom stereocenters. The second-order valence-corrected chi connectivity index (χ2v) is 12.2. The predicted octanol–water partition coefficient (Wildman–Crippen LogP) is 4.97. The molecule has 1 atom stereocenters. The van der Waals surface area contributed by atoms with Gasteiger partial charge in [0.25, 0.3) is 0 Å². The molecule has 144 valence electrons. The first-order valence-electron chi connectivity index (χ1n) is 8.52. The van der Waals surface area contributed by atoms with Crippen molar-refractivity contribution in [2.24, 2.45) is 0 Å². The highest BCUT2D eigenvalue weighted by atomic mass is 32.9. The lowest BCUT2D eigenvalue weighted by atomic mass is 10.4. The summed E-state index contributed by atoms with van der Waals surface area (Å²) >= 11 is 7.17. The molecule has 0 bridgehead atoms. The summed E-state index contributed by atoms with van der Waals surface area (Å²) in [6.07, 6.45) is 0.993. The van der Waals surface area contributed by atoms with Crippen molar-refractivity contribution in [2.75, 3.05) is 12.4 Å². The van der Waals surface area contributed by atoms with Gasteiger partial charge in [-0.2, -0.15) is 9.97 Å². The van der Waals surface area contributed by atoms with Crippen LogP contribution in [0.2, 0.25) is 0 Å². The van der Waals surface area contributed by atoms with E-state index in [1.165, 1.54) is 0 Å². The average Bonchev–Trinajstić information content (AvgIpc) is 2.50. The van der Waals surface area contributed by atoms with E-state index in [0.29, 0.717) is 18.2 Å². The molecular weight excluding hydrogens is 379 g/mol. The Kier molecular flexibility index (Phi) is 10.3. The predicted molar refractivity (Wildman–Crippen MR) is 107 cm³/mol. The van der Waals surface area contributed by atoms with Crippen molar-refractivity contribution >= 4 is 28.9 Å². The molecule has 1 rings (SSSR count). The Morgan fingerprint density at radius 2 is 1.76 bits per heavy atom. The summed E-state index contributed by atoms with van der Waals surface area (Å²) in [4.78, 5) is 8.67. The molecule has 0 saturated heterocycles. The highest BCUT2D eigenvalue weighted by Crippen LogP contribution is 2.61. The molecule has 1 heterocycles. The number of hydrogen-bond acceptors (Lipinski definition) is 8. The Morgan fingerprint density at radius 3 is 2.32 bits per heavy atom. The van der Waals surface area contributed by atoms with Crippen LogP contribution in [0.25, 0.3) is 0 Å². The minimum absolute atomic E-state index is 0.00430. The van der Waals surface area contributed by atoms with Crippen molar-refractivity contribution in [3.8, 4) is 11.9 Å². The Morgan fingerprint density at radius 1 is 1.08 bits per heavy atom. The second-order valence-electron chi connectivity index (χ2n) is 5.78. The summed E-state index contributed by atoms with van der Waals surface area (Å²) in [5.41, 5.74) is -1.72. The summed E-state index contributed by atoms with van der Waals surface area (Å²) in [6, 6.07) is 2.03. The van der Waals surface area contributed by atoms with E-state index in [0.717, 1.165) is 12.2 Å². The second kappa shape index (κ2) is 11.3. The van der Waals surface area contributed by atoms with Gasteiger partial charge in [0.05, 0.1) is 31.1 Å². The molecule has 0 spiro atoms. The fraction of sp³-hybridized carbons (Fsp3) is 0.750. The van der Waals surface area contributed by atoms with Crippen molar-refractivity contribution in [3.05, 3.63) is 11.8 Å². The largest absolute Gasteiger partial charge is 0.475 e. The third kappa shape index (κ3) is 9.20. The Bertz CT molecular complexity index is 545. The minimum Gasteiger partial charge on any atom is -0.475 e. The molecule has 9 heteroatoms. The number of rotatable bonds is 12. The van der Waals surface area contributed by atoms with Crippen LogP contribution in [0.15, 0.2) is 6.07 Å². The van der Waals surface area contributed by atoms with Crippen molar-refractivity contribution in [1.82, 2.24) is 9.97 Å². The van der Waals surface area contributed by atoms with Gasteiger partial charge >= 0.3 is 6.01 Å². The van der Waals surface area contributed by atoms with Crippen LogP contribution in [0.3, 0.4) is 0 Å². The van der Waals surface area contributed by atoms with Crippen molar-refractivity contribution in [3.63, 3.8) is 0 Å². The van der Waals surface area contributed by atoms with Crippen LogP contribution in [-0.2, 0) is 27.5 Å². The van der Waals surface area contributed by atoms with Crippen LogP contribution < -0.4 is 9.47 Å². The molecule has 0 saturated carbocycles. The number of hydrogen-bond donors (Lipinski definition) is 0. The van der Waals surface area contributed by atoms with Gasteiger partial charge in [0.2, 0.25) is 11.6 Å².